The van der Waals surface area contributed by atoms with Crippen molar-refractivity contribution in [1.29, 1.82) is 0 Å². The van der Waals surface area contributed by atoms with Gasteiger partial charge in [-0.2, -0.15) is 0 Å². The maximum Gasteiger partial charge on any atom is 0.264 e. The zero-order chi connectivity index (χ0) is 18.4. The van der Waals surface area contributed by atoms with Gasteiger partial charge in [0.1, 0.15) is 0 Å². The van der Waals surface area contributed by atoms with Crippen LogP contribution < -0.4 is 9.47 Å². The molecule has 0 saturated carbocycles. The van der Waals surface area contributed by atoms with Crippen LogP contribution >= 0.6 is 11.3 Å². The van der Waals surface area contributed by atoms with E-state index >= 15 is 0 Å². The summed E-state index contributed by atoms with van der Waals surface area (Å²) in [5.74, 6) is 1.46. The molecule has 0 N–H and O–H groups in total. The molecule has 0 spiro atoms. The fraction of sp³-hybridized carbons (Fsp3) is 0.450. The summed E-state index contributed by atoms with van der Waals surface area (Å²) in [6.45, 7) is 7.47. The molecule has 0 bridgehead atoms. The molecule has 1 aromatic heterocycles. The maximum absolute atomic E-state index is 12.9. The van der Waals surface area contributed by atoms with Gasteiger partial charge in [0.2, 0.25) is 0 Å². The van der Waals surface area contributed by atoms with Crippen molar-refractivity contribution in [3.63, 3.8) is 0 Å². The third-order valence-electron chi connectivity index (χ3n) is 4.24. The largest absolute Gasteiger partial charge is 0.493 e. The highest BCUT2D eigenvalue weighted by Crippen LogP contribution is 2.29. The van der Waals surface area contributed by atoms with Crippen LogP contribution in [0.1, 0.15) is 45.9 Å². The fourth-order valence-corrected chi connectivity index (χ4v) is 3.86. The number of rotatable bonds is 8. The molecule has 0 aliphatic heterocycles. The molecule has 0 atom stereocenters. The van der Waals surface area contributed by atoms with Gasteiger partial charge in [0.15, 0.2) is 11.5 Å². The lowest BCUT2D eigenvalue weighted by Gasteiger charge is -2.21. The van der Waals surface area contributed by atoms with E-state index in [4.69, 9.17) is 9.47 Å². The topological polar surface area (TPSA) is 38.8 Å². The minimum Gasteiger partial charge on any atom is -0.493 e. The predicted molar refractivity (Wildman–Crippen MR) is 103 cm³/mol. The molecule has 2 rings (SSSR count). The van der Waals surface area contributed by atoms with E-state index in [9.17, 15) is 4.79 Å². The van der Waals surface area contributed by atoms with Gasteiger partial charge in [0.25, 0.3) is 5.91 Å². The highest BCUT2D eigenvalue weighted by molar-refractivity contribution is 7.14. The van der Waals surface area contributed by atoms with Crippen molar-refractivity contribution < 1.29 is 14.3 Å². The van der Waals surface area contributed by atoms with Gasteiger partial charge in [-0.1, -0.05) is 19.4 Å². The van der Waals surface area contributed by atoms with E-state index in [0.29, 0.717) is 24.6 Å². The van der Waals surface area contributed by atoms with Crippen LogP contribution in [0.5, 0.6) is 11.5 Å². The summed E-state index contributed by atoms with van der Waals surface area (Å²) in [5.41, 5.74) is 2.31. The lowest BCUT2D eigenvalue weighted by atomic mass is 10.1. The van der Waals surface area contributed by atoms with Crippen molar-refractivity contribution in [1.82, 2.24) is 4.90 Å². The summed E-state index contributed by atoms with van der Waals surface area (Å²) in [6.07, 6.45) is 2.12. The van der Waals surface area contributed by atoms with Crippen LogP contribution in [0.3, 0.4) is 0 Å². The Kier molecular flexibility index (Phi) is 6.88. The smallest absolute Gasteiger partial charge is 0.264 e. The molecule has 4 nitrogen and oxygen atoms in total. The Hall–Kier alpha value is -2.01. The Labute approximate surface area is 154 Å². The maximum atomic E-state index is 12.9. The van der Waals surface area contributed by atoms with E-state index in [2.05, 4.69) is 19.9 Å². The molecule has 5 heteroatoms. The van der Waals surface area contributed by atoms with Crippen LogP contribution in [0.2, 0.25) is 0 Å². The van der Waals surface area contributed by atoms with E-state index in [1.807, 2.05) is 30.0 Å². The summed E-state index contributed by atoms with van der Waals surface area (Å²) in [5, 5.41) is 0. The van der Waals surface area contributed by atoms with Crippen LogP contribution in [-0.2, 0) is 13.0 Å². The molecular formula is C20H27NO3S. The monoisotopic (exact) mass is 361 g/mol. The van der Waals surface area contributed by atoms with Crippen molar-refractivity contribution >= 4 is 17.2 Å². The Morgan fingerprint density at radius 2 is 1.84 bits per heavy atom. The molecule has 25 heavy (non-hydrogen) atoms. The number of thiophene rings is 1. The average Bonchev–Trinajstić information content (AvgIpc) is 2.99. The molecule has 1 amide bonds. The van der Waals surface area contributed by atoms with Crippen LogP contribution in [-0.4, -0.2) is 31.6 Å². The van der Waals surface area contributed by atoms with Crippen LogP contribution in [0.4, 0.5) is 0 Å². The van der Waals surface area contributed by atoms with Gasteiger partial charge in [0, 0.05) is 18.0 Å². The summed E-state index contributed by atoms with van der Waals surface area (Å²) in [6, 6.07) is 7.83. The van der Waals surface area contributed by atoms with Gasteiger partial charge in [-0.05, 0) is 49.6 Å². The minimum absolute atomic E-state index is 0.0905. The number of benzene rings is 1. The van der Waals surface area contributed by atoms with Crippen molar-refractivity contribution in [3.05, 3.63) is 45.1 Å². The fourth-order valence-electron chi connectivity index (χ4n) is 2.83. The predicted octanol–water partition coefficient (Wildman–Crippen LogP) is 4.69. The number of nitrogens with zero attached hydrogens (tertiary/aromatic N) is 1. The van der Waals surface area contributed by atoms with E-state index in [0.717, 1.165) is 23.3 Å². The molecule has 0 aliphatic rings. The number of aryl methyl sites for hydroxylation is 2. The number of methoxy groups -OCH3 is 2. The van der Waals surface area contributed by atoms with E-state index in [1.54, 1.807) is 25.6 Å². The zero-order valence-corrected chi connectivity index (χ0v) is 16.5. The minimum atomic E-state index is 0.0905. The molecule has 2 aromatic rings. The van der Waals surface area contributed by atoms with Gasteiger partial charge in [-0.3, -0.25) is 4.79 Å². The molecular weight excluding hydrogens is 334 g/mol. The quantitative estimate of drug-likeness (QED) is 0.685. The molecule has 136 valence electrons. The van der Waals surface area contributed by atoms with Crippen molar-refractivity contribution in [2.45, 2.75) is 40.2 Å². The summed E-state index contributed by atoms with van der Waals surface area (Å²) in [4.78, 5) is 16.8. The second-order valence-corrected chi connectivity index (χ2v) is 7.21. The summed E-state index contributed by atoms with van der Waals surface area (Å²) < 4.78 is 10.6. The Balaban J connectivity index is 2.19. The Morgan fingerprint density at radius 1 is 1.12 bits per heavy atom. The number of hydrogen-bond acceptors (Lipinski definition) is 4. The molecule has 0 saturated heterocycles. The van der Waals surface area contributed by atoms with Gasteiger partial charge < -0.3 is 14.4 Å². The summed E-state index contributed by atoms with van der Waals surface area (Å²) >= 11 is 1.59. The Morgan fingerprint density at radius 3 is 2.44 bits per heavy atom. The van der Waals surface area contributed by atoms with Gasteiger partial charge >= 0.3 is 0 Å². The van der Waals surface area contributed by atoms with Crippen molar-refractivity contribution in [2.75, 3.05) is 20.8 Å². The normalized spacial score (nSPS) is 10.6. The average molecular weight is 362 g/mol. The number of ether oxygens (including phenoxy) is 2. The van der Waals surface area contributed by atoms with Crippen molar-refractivity contribution in [2.24, 2.45) is 0 Å². The number of amides is 1. The highest BCUT2D eigenvalue weighted by atomic mass is 32.1. The van der Waals surface area contributed by atoms with Crippen LogP contribution in [0.25, 0.3) is 0 Å². The summed E-state index contributed by atoms with van der Waals surface area (Å²) in [7, 11) is 3.24. The number of carbonyl (C=O) groups excluding carboxylic acids is 1. The Bertz CT molecular complexity index is 724. The first-order chi connectivity index (χ1) is 12.0. The van der Waals surface area contributed by atoms with Gasteiger partial charge in [-0.15, -0.1) is 11.3 Å². The van der Waals surface area contributed by atoms with Crippen LogP contribution in [0, 0.1) is 6.92 Å². The zero-order valence-electron chi connectivity index (χ0n) is 15.7. The van der Waals surface area contributed by atoms with Gasteiger partial charge in [-0.25, -0.2) is 0 Å². The lowest BCUT2D eigenvalue weighted by molar-refractivity contribution is 0.0757. The van der Waals surface area contributed by atoms with Gasteiger partial charge in [0.05, 0.1) is 19.1 Å². The number of carbonyl (C=O) groups is 1. The molecule has 0 radical (unpaired) electrons. The highest BCUT2D eigenvalue weighted by Gasteiger charge is 2.19. The standard InChI is InChI=1S/C20H27NO3S/c1-6-8-16-12-19(25-14(16)3)20(22)21(7-2)13-15-9-10-17(23-4)18(11-15)24-5/h9-12H,6-8,13H2,1-5H3. The van der Waals surface area contributed by atoms with Crippen molar-refractivity contribution in [3.8, 4) is 11.5 Å². The molecule has 0 aliphatic carbocycles. The first kappa shape index (κ1) is 19.3. The molecule has 1 heterocycles. The third-order valence-corrected chi connectivity index (χ3v) is 5.32. The first-order valence-corrected chi connectivity index (χ1v) is 9.45. The first-order valence-electron chi connectivity index (χ1n) is 8.63. The second kappa shape index (κ2) is 8.90. The number of hydrogen-bond donors (Lipinski definition) is 0. The third kappa shape index (κ3) is 4.54. The molecule has 0 unspecified atom stereocenters. The second-order valence-electron chi connectivity index (χ2n) is 5.95. The van der Waals surface area contributed by atoms with E-state index in [1.165, 1.54) is 10.4 Å². The SMILES string of the molecule is CCCc1cc(C(=O)N(CC)Cc2ccc(OC)c(OC)c2)sc1C. The molecule has 1 aromatic carbocycles. The lowest BCUT2D eigenvalue weighted by Crippen LogP contribution is -2.29. The van der Waals surface area contributed by atoms with E-state index in [-0.39, 0.29) is 5.91 Å². The molecule has 0 fully saturated rings. The van der Waals surface area contributed by atoms with Crippen LogP contribution in [0.15, 0.2) is 24.3 Å². The van der Waals surface area contributed by atoms with E-state index < -0.39 is 0 Å².